The van der Waals surface area contributed by atoms with Gasteiger partial charge >= 0.3 is 0 Å². The summed E-state index contributed by atoms with van der Waals surface area (Å²) >= 11 is 0. The number of benzene rings is 1. The van der Waals surface area contributed by atoms with Gasteiger partial charge in [0, 0.05) is 6.42 Å². The Bertz CT molecular complexity index is 242. The largest absolute Gasteiger partial charge is 0.505 e. The summed E-state index contributed by atoms with van der Waals surface area (Å²) in [6.45, 7) is 0.684. The topological polar surface area (TPSA) is 18.5 Å². The Morgan fingerprint density at radius 2 is 2.00 bits per heavy atom. The summed E-state index contributed by atoms with van der Waals surface area (Å²) in [6, 6.07) is 9.78. The van der Waals surface area contributed by atoms with Crippen LogP contribution in [0.1, 0.15) is 6.42 Å². The number of para-hydroxylation sites is 1. The lowest BCUT2D eigenvalue weighted by Gasteiger charge is -2.02. The Kier molecular flexibility index (Phi) is 4.54. The first-order valence-corrected chi connectivity index (χ1v) is 4.29. The van der Waals surface area contributed by atoms with Crippen molar-refractivity contribution < 1.29 is 9.47 Å². The maximum absolute atomic E-state index is 5.45. The van der Waals surface area contributed by atoms with Gasteiger partial charge in [0.05, 0.1) is 20.0 Å². The molecule has 0 aliphatic carbocycles. The van der Waals surface area contributed by atoms with Crippen molar-refractivity contribution in [2.45, 2.75) is 6.42 Å². The SMILES string of the molecule is CO/C=C/CCOc1ccccc1. The molecule has 70 valence electrons. The zero-order valence-electron chi connectivity index (χ0n) is 7.77. The first kappa shape index (κ1) is 9.65. The van der Waals surface area contributed by atoms with E-state index in [0.717, 1.165) is 12.2 Å². The summed E-state index contributed by atoms with van der Waals surface area (Å²) in [5.74, 6) is 0.910. The van der Waals surface area contributed by atoms with E-state index in [2.05, 4.69) is 0 Å². The molecular weight excluding hydrogens is 164 g/mol. The van der Waals surface area contributed by atoms with E-state index in [1.54, 1.807) is 13.4 Å². The zero-order valence-corrected chi connectivity index (χ0v) is 7.77. The molecule has 0 aromatic heterocycles. The molecule has 1 aromatic carbocycles. The van der Waals surface area contributed by atoms with Crippen molar-refractivity contribution in [3.8, 4) is 5.75 Å². The minimum Gasteiger partial charge on any atom is -0.505 e. The van der Waals surface area contributed by atoms with E-state index < -0.39 is 0 Å². The second-order valence-electron chi connectivity index (χ2n) is 2.56. The van der Waals surface area contributed by atoms with Gasteiger partial charge in [0.25, 0.3) is 0 Å². The molecular formula is C11H14O2. The molecule has 0 aliphatic heterocycles. The zero-order chi connectivity index (χ0) is 9.36. The highest BCUT2D eigenvalue weighted by atomic mass is 16.5. The molecule has 0 unspecified atom stereocenters. The number of rotatable bonds is 5. The van der Waals surface area contributed by atoms with Crippen molar-refractivity contribution in [3.05, 3.63) is 42.7 Å². The van der Waals surface area contributed by atoms with Crippen LogP contribution in [0, 0.1) is 0 Å². The summed E-state index contributed by atoms with van der Waals surface area (Å²) in [7, 11) is 1.63. The van der Waals surface area contributed by atoms with Crippen molar-refractivity contribution >= 4 is 0 Å². The van der Waals surface area contributed by atoms with Crippen molar-refractivity contribution in [1.29, 1.82) is 0 Å². The minimum absolute atomic E-state index is 0.684. The Balaban J connectivity index is 2.17. The second-order valence-corrected chi connectivity index (χ2v) is 2.56. The molecule has 0 N–H and O–H groups in total. The first-order valence-electron chi connectivity index (χ1n) is 4.29. The highest BCUT2D eigenvalue weighted by Gasteiger charge is 1.88. The normalized spacial score (nSPS) is 10.2. The van der Waals surface area contributed by atoms with Gasteiger partial charge in [0.1, 0.15) is 5.75 Å². The molecule has 0 heterocycles. The molecule has 2 nitrogen and oxygen atoms in total. The van der Waals surface area contributed by atoms with Crippen LogP contribution < -0.4 is 4.74 Å². The molecule has 0 atom stereocenters. The third kappa shape index (κ3) is 4.21. The van der Waals surface area contributed by atoms with E-state index in [0.29, 0.717) is 6.61 Å². The van der Waals surface area contributed by atoms with Crippen LogP contribution in [0.15, 0.2) is 42.7 Å². The van der Waals surface area contributed by atoms with Gasteiger partial charge < -0.3 is 9.47 Å². The molecule has 0 radical (unpaired) electrons. The summed E-state index contributed by atoms with van der Waals surface area (Å²) in [5, 5.41) is 0. The molecule has 0 saturated heterocycles. The number of hydrogen-bond acceptors (Lipinski definition) is 2. The summed E-state index contributed by atoms with van der Waals surface area (Å²) in [5.41, 5.74) is 0. The van der Waals surface area contributed by atoms with Crippen LogP contribution in [0.2, 0.25) is 0 Å². The molecule has 0 bridgehead atoms. The third-order valence-corrected chi connectivity index (χ3v) is 1.53. The summed E-state index contributed by atoms with van der Waals surface area (Å²) in [6.07, 6.45) is 4.46. The van der Waals surface area contributed by atoms with Gasteiger partial charge in [-0.1, -0.05) is 18.2 Å². The quantitative estimate of drug-likeness (QED) is 0.509. The molecule has 0 amide bonds. The maximum atomic E-state index is 5.45. The van der Waals surface area contributed by atoms with Crippen LogP contribution in [-0.2, 0) is 4.74 Å². The van der Waals surface area contributed by atoms with E-state index in [-0.39, 0.29) is 0 Å². The van der Waals surface area contributed by atoms with Crippen molar-refractivity contribution in [2.24, 2.45) is 0 Å². The Hall–Kier alpha value is -1.44. The summed E-state index contributed by atoms with van der Waals surface area (Å²) in [4.78, 5) is 0. The summed E-state index contributed by atoms with van der Waals surface area (Å²) < 4.78 is 10.2. The van der Waals surface area contributed by atoms with Gasteiger partial charge in [-0.2, -0.15) is 0 Å². The van der Waals surface area contributed by atoms with Gasteiger partial charge in [-0.25, -0.2) is 0 Å². The lowest BCUT2D eigenvalue weighted by molar-refractivity contribution is 0.315. The van der Waals surface area contributed by atoms with Crippen molar-refractivity contribution in [2.75, 3.05) is 13.7 Å². The molecule has 0 aliphatic rings. The Morgan fingerprint density at radius 3 is 2.69 bits per heavy atom. The molecule has 0 spiro atoms. The van der Waals surface area contributed by atoms with Gasteiger partial charge in [-0.3, -0.25) is 0 Å². The maximum Gasteiger partial charge on any atom is 0.119 e. The molecule has 0 fully saturated rings. The van der Waals surface area contributed by atoms with E-state index in [1.807, 2.05) is 36.4 Å². The van der Waals surface area contributed by atoms with E-state index >= 15 is 0 Å². The van der Waals surface area contributed by atoms with Crippen LogP contribution in [0.3, 0.4) is 0 Å². The van der Waals surface area contributed by atoms with Crippen molar-refractivity contribution in [1.82, 2.24) is 0 Å². The predicted molar refractivity (Wildman–Crippen MR) is 52.7 cm³/mol. The fourth-order valence-electron chi connectivity index (χ4n) is 0.926. The molecule has 13 heavy (non-hydrogen) atoms. The highest BCUT2D eigenvalue weighted by molar-refractivity contribution is 5.20. The lowest BCUT2D eigenvalue weighted by atomic mass is 10.3. The van der Waals surface area contributed by atoms with Gasteiger partial charge in [0.2, 0.25) is 0 Å². The first-order chi connectivity index (χ1) is 6.43. The monoisotopic (exact) mass is 178 g/mol. The molecule has 1 rings (SSSR count). The lowest BCUT2D eigenvalue weighted by Crippen LogP contribution is -1.94. The Morgan fingerprint density at radius 1 is 1.23 bits per heavy atom. The van der Waals surface area contributed by atoms with E-state index in [9.17, 15) is 0 Å². The van der Waals surface area contributed by atoms with E-state index in [4.69, 9.17) is 9.47 Å². The number of methoxy groups -OCH3 is 1. The van der Waals surface area contributed by atoms with Crippen molar-refractivity contribution in [3.63, 3.8) is 0 Å². The molecule has 1 aromatic rings. The fourth-order valence-corrected chi connectivity index (χ4v) is 0.926. The Labute approximate surface area is 78.8 Å². The molecule has 2 heteroatoms. The number of ether oxygens (including phenoxy) is 2. The van der Waals surface area contributed by atoms with Crippen LogP contribution in [-0.4, -0.2) is 13.7 Å². The fraction of sp³-hybridized carbons (Fsp3) is 0.273. The minimum atomic E-state index is 0.684. The standard InChI is InChI=1S/C11H14O2/c1-12-9-5-6-10-13-11-7-3-2-4-8-11/h2-5,7-9H,6,10H2,1H3/b9-5+. The predicted octanol–water partition coefficient (Wildman–Crippen LogP) is 2.62. The van der Waals surface area contributed by atoms with Crippen LogP contribution in [0.5, 0.6) is 5.75 Å². The van der Waals surface area contributed by atoms with Crippen LogP contribution >= 0.6 is 0 Å². The van der Waals surface area contributed by atoms with Gasteiger partial charge in [0.15, 0.2) is 0 Å². The molecule has 0 saturated carbocycles. The van der Waals surface area contributed by atoms with Gasteiger partial charge in [-0.05, 0) is 18.2 Å². The third-order valence-electron chi connectivity index (χ3n) is 1.53. The average molecular weight is 178 g/mol. The van der Waals surface area contributed by atoms with E-state index in [1.165, 1.54) is 0 Å². The average Bonchev–Trinajstić information content (AvgIpc) is 2.19. The number of hydrogen-bond donors (Lipinski definition) is 0. The van der Waals surface area contributed by atoms with Crippen LogP contribution in [0.25, 0.3) is 0 Å². The second kappa shape index (κ2) is 6.12. The highest BCUT2D eigenvalue weighted by Crippen LogP contribution is 2.08. The van der Waals surface area contributed by atoms with Gasteiger partial charge in [-0.15, -0.1) is 0 Å². The van der Waals surface area contributed by atoms with Crippen LogP contribution in [0.4, 0.5) is 0 Å². The smallest absolute Gasteiger partial charge is 0.119 e.